The van der Waals surface area contributed by atoms with Gasteiger partial charge in [-0.25, -0.2) is 4.98 Å². The minimum Gasteiger partial charge on any atom is -0.324 e. The first-order chi connectivity index (χ1) is 6.72. The van der Waals surface area contributed by atoms with Gasteiger partial charge < -0.3 is 10.7 Å². The second kappa shape index (κ2) is 3.49. The Hall–Kier alpha value is -1.23. The van der Waals surface area contributed by atoms with Crippen LogP contribution in [0.15, 0.2) is 4.79 Å². The molecule has 2 rings (SSSR count). The Morgan fingerprint density at radius 2 is 2.29 bits per heavy atom. The number of nitrogens with two attached hydrogens (primary N) is 1. The van der Waals surface area contributed by atoms with Gasteiger partial charge in [0.15, 0.2) is 0 Å². The second-order valence-corrected chi connectivity index (χ2v) is 3.54. The smallest absolute Gasteiger partial charge is 0.287 e. The summed E-state index contributed by atoms with van der Waals surface area (Å²) in [5, 5.41) is 0. The molecule has 1 saturated carbocycles. The predicted octanol–water partition coefficient (Wildman–Crippen LogP) is 0.635. The molecule has 0 radical (unpaired) electrons. The van der Waals surface area contributed by atoms with Crippen molar-refractivity contribution in [3.63, 3.8) is 0 Å². The van der Waals surface area contributed by atoms with E-state index in [2.05, 4.69) is 9.97 Å². The van der Waals surface area contributed by atoms with Crippen molar-refractivity contribution in [1.82, 2.24) is 9.97 Å². The zero-order valence-corrected chi connectivity index (χ0v) is 7.72. The number of halogens is 1. The Labute approximate surface area is 80.4 Å². The van der Waals surface area contributed by atoms with Crippen molar-refractivity contribution < 1.29 is 4.39 Å². The third kappa shape index (κ3) is 1.43. The van der Waals surface area contributed by atoms with E-state index in [0.717, 1.165) is 19.3 Å². The molecule has 1 fully saturated rings. The van der Waals surface area contributed by atoms with E-state index in [1.54, 1.807) is 0 Å². The summed E-state index contributed by atoms with van der Waals surface area (Å²) in [4.78, 5) is 17.5. The van der Waals surface area contributed by atoms with Gasteiger partial charge in [-0.1, -0.05) is 6.42 Å². The molecule has 0 saturated heterocycles. The molecule has 0 unspecified atom stereocenters. The van der Waals surface area contributed by atoms with Gasteiger partial charge in [0, 0.05) is 5.92 Å². The van der Waals surface area contributed by atoms with Gasteiger partial charge in [0.25, 0.3) is 5.56 Å². The Morgan fingerprint density at radius 3 is 2.79 bits per heavy atom. The van der Waals surface area contributed by atoms with Crippen molar-refractivity contribution >= 4 is 0 Å². The van der Waals surface area contributed by atoms with E-state index in [0.29, 0.717) is 11.5 Å². The van der Waals surface area contributed by atoms with Crippen molar-refractivity contribution in [2.45, 2.75) is 31.7 Å². The molecule has 0 aromatic carbocycles. The quantitative estimate of drug-likeness (QED) is 0.730. The van der Waals surface area contributed by atoms with E-state index < -0.39 is 11.4 Å². The van der Waals surface area contributed by atoms with Gasteiger partial charge in [-0.3, -0.25) is 4.79 Å². The molecule has 1 aliphatic carbocycles. The topological polar surface area (TPSA) is 71.8 Å². The summed E-state index contributed by atoms with van der Waals surface area (Å²) in [6.45, 7) is 0.134. The molecule has 1 aromatic heterocycles. The lowest BCUT2D eigenvalue weighted by Gasteiger charge is -2.24. The first kappa shape index (κ1) is 9.33. The predicted molar refractivity (Wildman–Crippen MR) is 49.3 cm³/mol. The second-order valence-electron chi connectivity index (χ2n) is 3.54. The van der Waals surface area contributed by atoms with E-state index >= 15 is 0 Å². The number of nitrogens with one attached hydrogen (secondary N) is 1. The van der Waals surface area contributed by atoms with Crippen LogP contribution in [-0.4, -0.2) is 9.97 Å². The van der Waals surface area contributed by atoms with Gasteiger partial charge in [-0.15, -0.1) is 0 Å². The van der Waals surface area contributed by atoms with E-state index in [1.807, 2.05) is 0 Å². The maximum absolute atomic E-state index is 13.3. The summed E-state index contributed by atoms with van der Waals surface area (Å²) in [7, 11) is 0. The standard InChI is InChI=1S/C9H12FN3O/c10-7-8(5-2-1-3-5)12-6(4-11)13-9(7)14/h5H,1-4,11H2,(H,12,13,14). The summed E-state index contributed by atoms with van der Waals surface area (Å²) >= 11 is 0. The maximum Gasteiger partial charge on any atom is 0.287 e. The highest BCUT2D eigenvalue weighted by Gasteiger charge is 2.25. The molecular weight excluding hydrogens is 185 g/mol. The molecule has 1 aromatic rings. The average molecular weight is 197 g/mol. The van der Waals surface area contributed by atoms with Crippen LogP contribution in [-0.2, 0) is 6.54 Å². The number of nitrogens with zero attached hydrogens (tertiary/aromatic N) is 1. The number of rotatable bonds is 2. The maximum atomic E-state index is 13.3. The summed E-state index contributed by atoms with van der Waals surface area (Å²) < 4.78 is 13.3. The van der Waals surface area contributed by atoms with Gasteiger partial charge >= 0.3 is 0 Å². The van der Waals surface area contributed by atoms with Crippen molar-refractivity contribution in [2.75, 3.05) is 0 Å². The fourth-order valence-corrected chi connectivity index (χ4v) is 1.57. The van der Waals surface area contributed by atoms with Gasteiger partial charge in [-0.05, 0) is 12.8 Å². The third-order valence-electron chi connectivity index (χ3n) is 2.62. The molecule has 0 spiro atoms. The largest absolute Gasteiger partial charge is 0.324 e. The number of hydrogen-bond donors (Lipinski definition) is 2. The van der Waals surface area contributed by atoms with Crippen LogP contribution in [0.3, 0.4) is 0 Å². The Bertz CT molecular complexity index is 398. The molecule has 76 valence electrons. The van der Waals surface area contributed by atoms with Gasteiger partial charge in [-0.2, -0.15) is 4.39 Å². The molecule has 4 nitrogen and oxygen atoms in total. The molecule has 0 amide bonds. The van der Waals surface area contributed by atoms with Crippen LogP contribution in [0.25, 0.3) is 0 Å². The third-order valence-corrected chi connectivity index (χ3v) is 2.62. The molecule has 3 N–H and O–H groups in total. The van der Waals surface area contributed by atoms with Crippen molar-refractivity contribution in [3.05, 3.63) is 27.7 Å². The first-order valence-corrected chi connectivity index (χ1v) is 4.71. The highest BCUT2D eigenvalue weighted by atomic mass is 19.1. The Kier molecular flexibility index (Phi) is 2.33. The van der Waals surface area contributed by atoms with Crippen molar-refractivity contribution in [3.8, 4) is 0 Å². The monoisotopic (exact) mass is 197 g/mol. The fourth-order valence-electron chi connectivity index (χ4n) is 1.57. The average Bonchev–Trinajstić information content (AvgIpc) is 2.09. The Balaban J connectivity index is 2.45. The molecule has 1 heterocycles. The van der Waals surface area contributed by atoms with E-state index in [-0.39, 0.29) is 12.5 Å². The molecule has 0 atom stereocenters. The lowest BCUT2D eigenvalue weighted by atomic mass is 9.82. The normalized spacial score (nSPS) is 16.7. The van der Waals surface area contributed by atoms with Crippen LogP contribution in [0.4, 0.5) is 4.39 Å². The van der Waals surface area contributed by atoms with E-state index in [4.69, 9.17) is 5.73 Å². The minimum absolute atomic E-state index is 0.114. The molecule has 5 heteroatoms. The van der Waals surface area contributed by atoms with Crippen LogP contribution in [0.1, 0.15) is 36.7 Å². The van der Waals surface area contributed by atoms with Crippen LogP contribution in [0.2, 0.25) is 0 Å². The van der Waals surface area contributed by atoms with Gasteiger partial charge in [0.2, 0.25) is 5.82 Å². The van der Waals surface area contributed by atoms with Crippen LogP contribution in [0.5, 0.6) is 0 Å². The van der Waals surface area contributed by atoms with Crippen molar-refractivity contribution in [2.24, 2.45) is 5.73 Å². The SMILES string of the molecule is NCc1nc(C2CCC2)c(F)c(=O)[nH]1. The zero-order chi connectivity index (χ0) is 10.1. The van der Waals surface area contributed by atoms with Crippen LogP contribution >= 0.6 is 0 Å². The number of aromatic nitrogens is 2. The molecule has 14 heavy (non-hydrogen) atoms. The van der Waals surface area contributed by atoms with Gasteiger partial charge in [0.1, 0.15) is 5.82 Å². The lowest BCUT2D eigenvalue weighted by molar-refractivity contribution is 0.389. The van der Waals surface area contributed by atoms with Crippen molar-refractivity contribution in [1.29, 1.82) is 0 Å². The fraction of sp³-hybridized carbons (Fsp3) is 0.556. The summed E-state index contributed by atoms with van der Waals surface area (Å²) in [6, 6.07) is 0. The first-order valence-electron chi connectivity index (χ1n) is 4.71. The summed E-state index contributed by atoms with van der Waals surface area (Å²) in [5.41, 5.74) is 4.93. The number of H-pyrrole nitrogens is 1. The van der Waals surface area contributed by atoms with E-state index in [9.17, 15) is 9.18 Å². The Morgan fingerprint density at radius 1 is 1.57 bits per heavy atom. The summed E-state index contributed by atoms with van der Waals surface area (Å²) in [5.74, 6) is -0.271. The highest BCUT2D eigenvalue weighted by molar-refractivity contribution is 5.13. The van der Waals surface area contributed by atoms with Crippen LogP contribution in [0, 0.1) is 5.82 Å². The van der Waals surface area contributed by atoms with Gasteiger partial charge in [0.05, 0.1) is 12.2 Å². The molecule has 0 aliphatic heterocycles. The highest BCUT2D eigenvalue weighted by Crippen LogP contribution is 2.35. The number of hydrogen-bond acceptors (Lipinski definition) is 3. The lowest BCUT2D eigenvalue weighted by Crippen LogP contribution is -2.24. The minimum atomic E-state index is -0.744. The molecule has 1 aliphatic rings. The zero-order valence-electron chi connectivity index (χ0n) is 7.72. The molecular formula is C9H12FN3O. The molecule has 0 bridgehead atoms. The van der Waals surface area contributed by atoms with Crippen LogP contribution < -0.4 is 11.3 Å². The summed E-state index contributed by atoms with van der Waals surface area (Å²) in [6.07, 6.45) is 2.91. The van der Waals surface area contributed by atoms with E-state index in [1.165, 1.54) is 0 Å². The number of aromatic amines is 1.